The number of hydrogen-bond acceptors (Lipinski definition) is 4. The lowest BCUT2D eigenvalue weighted by Gasteiger charge is -2.15. The topological polar surface area (TPSA) is 51.4 Å². The summed E-state index contributed by atoms with van der Waals surface area (Å²) in [6, 6.07) is 1.57. The molecule has 0 atom stereocenters. The molecule has 1 fully saturated rings. The van der Waals surface area contributed by atoms with Gasteiger partial charge in [0.1, 0.15) is 6.61 Å². The first kappa shape index (κ1) is 12.3. The molecular formula is C12H18FN3O. The Hall–Kier alpha value is -1.20. The van der Waals surface area contributed by atoms with E-state index >= 15 is 0 Å². The summed E-state index contributed by atoms with van der Waals surface area (Å²) in [6.07, 6.45) is 4.01. The molecule has 1 aliphatic heterocycles. The van der Waals surface area contributed by atoms with Gasteiger partial charge in [-0.3, -0.25) is 4.90 Å². The first-order valence-electron chi connectivity index (χ1n) is 6.00. The van der Waals surface area contributed by atoms with Crippen LogP contribution < -0.4 is 10.5 Å². The molecule has 0 unspecified atom stereocenters. The predicted molar refractivity (Wildman–Crippen MR) is 63.3 cm³/mol. The zero-order valence-corrected chi connectivity index (χ0v) is 9.86. The molecule has 94 valence electrons. The molecule has 2 rings (SSSR count). The van der Waals surface area contributed by atoms with Crippen molar-refractivity contribution in [3.63, 3.8) is 0 Å². The van der Waals surface area contributed by atoms with Crippen molar-refractivity contribution in [1.29, 1.82) is 0 Å². The highest BCUT2D eigenvalue weighted by molar-refractivity contribution is 5.23. The van der Waals surface area contributed by atoms with E-state index in [1.165, 1.54) is 19.0 Å². The van der Waals surface area contributed by atoms with Crippen molar-refractivity contribution in [2.24, 2.45) is 5.73 Å². The molecule has 1 aliphatic rings. The van der Waals surface area contributed by atoms with Crippen molar-refractivity contribution in [3.8, 4) is 5.88 Å². The Balaban J connectivity index is 1.85. The van der Waals surface area contributed by atoms with E-state index in [2.05, 4.69) is 9.88 Å². The quantitative estimate of drug-likeness (QED) is 0.837. The van der Waals surface area contributed by atoms with Crippen LogP contribution in [0, 0.1) is 5.82 Å². The van der Waals surface area contributed by atoms with E-state index in [1.54, 1.807) is 6.07 Å². The van der Waals surface area contributed by atoms with Gasteiger partial charge in [-0.15, -0.1) is 0 Å². The maximum atomic E-state index is 13.7. The van der Waals surface area contributed by atoms with Crippen LogP contribution in [0.4, 0.5) is 4.39 Å². The molecule has 5 heteroatoms. The summed E-state index contributed by atoms with van der Waals surface area (Å²) in [7, 11) is 0. The van der Waals surface area contributed by atoms with E-state index in [9.17, 15) is 4.39 Å². The standard InChI is InChI=1S/C12H18FN3O/c13-11-10(9-14)3-4-15-12(11)17-8-7-16-5-1-2-6-16/h3-4H,1-2,5-9,14H2. The van der Waals surface area contributed by atoms with E-state index in [0.29, 0.717) is 12.2 Å². The van der Waals surface area contributed by atoms with Crippen LogP contribution in [0.2, 0.25) is 0 Å². The Morgan fingerprint density at radius 3 is 2.88 bits per heavy atom. The largest absolute Gasteiger partial charge is 0.474 e. The number of aromatic nitrogens is 1. The van der Waals surface area contributed by atoms with Crippen LogP contribution in [-0.4, -0.2) is 36.1 Å². The Morgan fingerprint density at radius 2 is 2.18 bits per heavy atom. The highest BCUT2D eigenvalue weighted by Gasteiger charge is 2.13. The van der Waals surface area contributed by atoms with E-state index in [-0.39, 0.29) is 12.4 Å². The number of ether oxygens (including phenoxy) is 1. The van der Waals surface area contributed by atoms with Crippen molar-refractivity contribution in [3.05, 3.63) is 23.6 Å². The number of nitrogens with zero attached hydrogens (tertiary/aromatic N) is 2. The lowest BCUT2D eigenvalue weighted by atomic mass is 10.2. The summed E-state index contributed by atoms with van der Waals surface area (Å²) >= 11 is 0. The summed E-state index contributed by atoms with van der Waals surface area (Å²) in [5.74, 6) is -0.372. The molecule has 0 spiro atoms. The molecule has 0 aromatic carbocycles. The minimum Gasteiger partial charge on any atom is -0.474 e. The van der Waals surface area contributed by atoms with Gasteiger partial charge in [-0.2, -0.15) is 0 Å². The van der Waals surface area contributed by atoms with Crippen LogP contribution in [0.3, 0.4) is 0 Å². The van der Waals surface area contributed by atoms with E-state index in [1.807, 2.05) is 0 Å². The van der Waals surface area contributed by atoms with Crippen LogP contribution in [-0.2, 0) is 6.54 Å². The molecule has 0 bridgehead atoms. The van der Waals surface area contributed by atoms with Gasteiger partial charge in [0, 0.05) is 24.8 Å². The molecule has 4 nitrogen and oxygen atoms in total. The third-order valence-corrected chi connectivity index (χ3v) is 3.00. The third-order valence-electron chi connectivity index (χ3n) is 3.00. The van der Waals surface area contributed by atoms with Crippen LogP contribution in [0.15, 0.2) is 12.3 Å². The summed E-state index contributed by atoms with van der Waals surface area (Å²) < 4.78 is 19.1. The Kier molecular flexibility index (Phi) is 4.28. The van der Waals surface area contributed by atoms with E-state index < -0.39 is 5.82 Å². The third kappa shape index (κ3) is 3.14. The van der Waals surface area contributed by atoms with Crippen LogP contribution in [0.5, 0.6) is 5.88 Å². The Bertz CT molecular complexity index is 367. The van der Waals surface area contributed by atoms with Crippen LogP contribution in [0.25, 0.3) is 0 Å². The summed E-state index contributed by atoms with van der Waals surface area (Å²) in [5.41, 5.74) is 5.86. The fourth-order valence-corrected chi connectivity index (χ4v) is 2.00. The van der Waals surface area contributed by atoms with Crippen molar-refractivity contribution in [2.75, 3.05) is 26.2 Å². The number of pyridine rings is 1. The average molecular weight is 239 g/mol. The minimum absolute atomic E-state index is 0.0622. The fraction of sp³-hybridized carbons (Fsp3) is 0.583. The van der Waals surface area contributed by atoms with Crippen molar-refractivity contribution in [2.45, 2.75) is 19.4 Å². The van der Waals surface area contributed by atoms with Gasteiger partial charge in [0.25, 0.3) is 5.88 Å². The van der Waals surface area contributed by atoms with Gasteiger partial charge in [0.2, 0.25) is 0 Å². The molecule has 1 aromatic rings. The van der Waals surface area contributed by atoms with Crippen molar-refractivity contribution in [1.82, 2.24) is 9.88 Å². The normalized spacial score (nSPS) is 16.4. The SMILES string of the molecule is NCc1ccnc(OCCN2CCCC2)c1F. The van der Waals surface area contributed by atoms with Gasteiger partial charge in [0.15, 0.2) is 5.82 Å². The first-order valence-corrected chi connectivity index (χ1v) is 6.00. The first-order chi connectivity index (χ1) is 8.31. The van der Waals surface area contributed by atoms with Gasteiger partial charge in [0.05, 0.1) is 0 Å². The zero-order valence-electron chi connectivity index (χ0n) is 9.86. The van der Waals surface area contributed by atoms with Crippen molar-refractivity contribution >= 4 is 0 Å². The molecule has 17 heavy (non-hydrogen) atoms. The average Bonchev–Trinajstić information content (AvgIpc) is 2.84. The number of hydrogen-bond donors (Lipinski definition) is 1. The lowest BCUT2D eigenvalue weighted by Crippen LogP contribution is -2.25. The molecule has 2 N–H and O–H groups in total. The van der Waals surface area contributed by atoms with Crippen LogP contribution in [0.1, 0.15) is 18.4 Å². The van der Waals surface area contributed by atoms with Gasteiger partial charge in [-0.1, -0.05) is 0 Å². The van der Waals surface area contributed by atoms with Gasteiger partial charge < -0.3 is 10.5 Å². The van der Waals surface area contributed by atoms with E-state index in [4.69, 9.17) is 10.5 Å². The van der Waals surface area contributed by atoms with Crippen molar-refractivity contribution < 1.29 is 9.13 Å². The molecule has 1 aromatic heterocycles. The van der Waals surface area contributed by atoms with E-state index in [0.717, 1.165) is 19.6 Å². The number of rotatable bonds is 5. The number of halogens is 1. The Morgan fingerprint density at radius 1 is 1.41 bits per heavy atom. The molecule has 2 heterocycles. The molecule has 0 saturated carbocycles. The number of likely N-dealkylation sites (tertiary alicyclic amines) is 1. The van der Waals surface area contributed by atoms with Gasteiger partial charge >= 0.3 is 0 Å². The minimum atomic E-state index is -0.434. The second kappa shape index (κ2) is 5.93. The summed E-state index contributed by atoms with van der Waals surface area (Å²) in [5, 5.41) is 0. The number of nitrogens with two attached hydrogens (primary N) is 1. The van der Waals surface area contributed by atoms with Crippen LogP contribution >= 0.6 is 0 Å². The molecule has 0 amide bonds. The second-order valence-electron chi connectivity index (χ2n) is 4.19. The molecule has 0 aliphatic carbocycles. The Labute approximate surface area is 101 Å². The molecule has 1 saturated heterocycles. The summed E-state index contributed by atoms with van der Waals surface area (Å²) in [4.78, 5) is 6.19. The maximum Gasteiger partial charge on any atom is 0.250 e. The smallest absolute Gasteiger partial charge is 0.250 e. The monoisotopic (exact) mass is 239 g/mol. The predicted octanol–water partition coefficient (Wildman–Crippen LogP) is 1.15. The second-order valence-corrected chi connectivity index (χ2v) is 4.19. The highest BCUT2D eigenvalue weighted by Crippen LogP contribution is 2.17. The lowest BCUT2D eigenvalue weighted by molar-refractivity contribution is 0.224. The zero-order chi connectivity index (χ0) is 12.1. The summed E-state index contributed by atoms with van der Waals surface area (Å²) in [6.45, 7) is 3.69. The molecular weight excluding hydrogens is 221 g/mol. The highest BCUT2D eigenvalue weighted by atomic mass is 19.1. The maximum absolute atomic E-state index is 13.7. The van der Waals surface area contributed by atoms with Gasteiger partial charge in [-0.05, 0) is 32.0 Å². The van der Waals surface area contributed by atoms with Gasteiger partial charge in [-0.25, -0.2) is 9.37 Å². The molecule has 0 radical (unpaired) electrons. The fourth-order valence-electron chi connectivity index (χ4n) is 2.00.